The molecule has 0 bridgehead atoms. The fraction of sp³-hybridized carbons (Fsp3) is 0.353. The molecule has 4 atom stereocenters. The highest BCUT2D eigenvalue weighted by atomic mass is 32.9. The molecule has 3 aromatic rings. The number of anilines is 2. The number of fused-ring (bicyclic) bond motifs is 2. The molecule has 2 aliphatic rings. The largest absolute Gasteiger partial charge is 0.481 e. The molecule has 2 fully saturated rings. The molecule has 2 saturated heterocycles. The highest BCUT2D eigenvalue weighted by Crippen LogP contribution is 2.40. The molecule has 206 valence electrons. The number of nitrogen functional groups attached to an aromatic ring is 2. The van der Waals surface area contributed by atoms with Gasteiger partial charge in [0.25, 0.3) is 5.91 Å². The van der Waals surface area contributed by atoms with Gasteiger partial charge in [-0.3, -0.25) is 14.4 Å². The lowest BCUT2D eigenvalue weighted by atomic mass is 9.89. The predicted octanol–water partition coefficient (Wildman–Crippen LogP) is -2.74. The van der Waals surface area contributed by atoms with Crippen LogP contribution in [0.4, 0.5) is 10.8 Å². The third kappa shape index (κ3) is 4.63. The lowest BCUT2D eigenvalue weighted by Crippen LogP contribution is -2.77. The monoisotopic (exact) mass is 615 g/mol. The van der Waals surface area contributed by atoms with Crippen LogP contribution in [0.5, 0.6) is 0 Å². The van der Waals surface area contributed by atoms with Crippen molar-refractivity contribution in [1.29, 1.82) is 0 Å². The van der Waals surface area contributed by atoms with Gasteiger partial charge in [0.2, 0.25) is 20.8 Å². The second-order valence-corrected chi connectivity index (χ2v) is 14.3. The van der Waals surface area contributed by atoms with E-state index < -0.39 is 59.0 Å². The Bertz CT molecular complexity index is 1700. The van der Waals surface area contributed by atoms with E-state index in [1.807, 2.05) is 0 Å². The van der Waals surface area contributed by atoms with Crippen molar-refractivity contribution in [3.05, 3.63) is 17.1 Å². The van der Waals surface area contributed by atoms with Gasteiger partial charge in [-0.1, -0.05) is 5.16 Å². The molecule has 39 heavy (non-hydrogen) atoms. The minimum absolute atomic E-state index is 0.0350. The third-order valence-electron chi connectivity index (χ3n) is 5.98. The molecule has 3 unspecified atom stereocenters. The number of aromatic nitrogens is 6. The number of hydrogen-bond acceptors (Lipinski definition) is 16. The lowest BCUT2D eigenvalue weighted by molar-refractivity contribution is -0.157. The molecule has 0 aliphatic carbocycles. The molecule has 22 heteroatoms. The van der Waals surface area contributed by atoms with Crippen molar-refractivity contribution in [1.82, 2.24) is 40.5 Å². The number of nitrogens with one attached hydrogen (secondary N) is 1. The van der Waals surface area contributed by atoms with E-state index in [-0.39, 0.29) is 45.2 Å². The standard InChI is InChI=1S/C17H17N11O7S4/c18-6-1-8(23-28-11(6)22-25-26-28)37-4-17(15(31)32)3-27-13(30)10(14(27)38(5-17)39(34)35)21-12(29)9(24-33)7-2-36-16(19)20-7/h1-2,10,14,33H,3-5,18H2,(H2,19,20)(H,21,29)(H,31,32)/t10?,14-,17?,38?/m1/s1. The van der Waals surface area contributed by atoms with Gasteiger partial charge in [0.05, 0.1) is 5.69 Å². The third-order valence-corrected chi connectivity index (χ3v) is 12.1. The number of thioether (sulfide) groups is 1. The number of rotatable bonds is 7. The van der Waals surface area contributed by atoms with E-state index in [4.69, 9.17) is 11.5 Å². The quantitative estimate of drug-likeness (QED) is 0.0593. The number of amides is 2. The number of carboxylic acids is 1. The first-order valence-corrected chi connectivity index (χ1v) is 15.5. The molecular formula is C17H17N11O7S4. The van der Waals surface area contributed by atoms with Crippen molar-refractivity contribution in [2.45, 2.75) is 16.4 Å². The van der Waals surface area contributed by atoms with Crippen LogP contribution < -0.4 is 16.8 Å². The molecule has 5 heterocycles. The molecule has 0 aromatic carbocycles. The van der Waals surface area contributed by atoms with Crippen LogP contribution in [0.1, 0.15) is 5.69 Å². The van der Waals surface area contributed by atoms with Crippen molar-refractivity contribution in [3.8, 4) is 0 Å². The van der Waals surface area contributed by atoms with Gasteiger partial charge in [-0.05, 0) is 25.9 Å². The fourth-order valence-corrected chi connectivity index (χ4v) is 10.2. The number of β-lactam (4-membered cyclic amide) rings is 1. The first kappa shape index (κ1) is 26.7. The summed E-state index contributed by atoms with van der Waals surface area (Å²) in [6.07, 6.45) is 0. The van der Waals surface area contributed by atoms with Crippen LogP contribution in [0.15, 0.2) is 21.6 Å². The van der Waals surface area contributed by atoms with E-state index in [2.05, 4.69) is 36.1 Å². The van der Waals surface area contributed by atoms with Crippen LogP contribution in [-0.4, -0.2) is 107 Å². The Morgan fingerprint density at radius 1 is 1.38 bits per heavy atom. The van der Waals surface area contributed by atoms with E-state index in [0.717, 1.165) is 32.6 Å². The van der Waals surface area contributed by atoms with Crippen LogP contribution in [0, 0.1) is 5.41 Å². The van der Waals surface area contributed by atoms with Gasteiger partial charge in [0.15, 0.2) is 10.8 Å². The zero-order chi connectivity index (χ0) is 28.1. The fourth-order valence-electron chi connectivity index (χ4n) is 4.10. The number of carbonyl (C=O) groups excluding carboxylic acids is 2. The molecule has 2 amide bonds. The molecule has 0 saturated carbocycles. The van der Waals surface area contributed by atoms with Crippen molar-refractivity contribution in [2.75, 3.05) is 29.5 Å². The maximum absolute atomic E-state index is 13.0. The van der Waals surface area contributed by atoms with Crippen LogP contribution in [0.25, 0.3) is 5.65 Å². The summed E-state index contributed by atoms with van der Waals surface area (Å²) in [4.78, 5) is 43.2. The lowest BCUT2D eigenvalue weighted by Gasteiger charge is -2.54. The van der Waals surface area contributed by atoms with Gasteiger partial charge in [-0.25, -0.2) is 4.98 Å². The van der Waals surface area contributed by atoms with Crippen molar-refractivity contribution >= 4 is 81.8 Å². The topological polar surface area (TPSA) is 274 Å². The number of oxime groups is 1. The number of thiazole rings is 1. The van der Waals surface area contributed by atoms with E-state index in [0.29, 0.717) is 0 Å². The number of carbonyl (C=O) groups is 3. The van der Waals surface area contributed by atoms with Gasteiger partial charge in [0, 0.05) is 23.4 Å². The summed E-state index contributed by atoms with van der Waals surface area (Å²) in [5, 5.41) is 40.6. The number of carboxylic acid groups (broad SMARTS) is 1. The molecule has 2 aliphatic heterocycles. The highest BCUT2D eigenvalue weighted by molar-refractivity contribution is 8.34. The first-order chi connectivity index (χ1) is 18.5. The van der Waals surface area contributed by atoms with Crippen molar-refractivity contribution in [3.63, 3.8) is 0 Å². The summed E-state index contributed by atoms with van der Waals surface area (Å²) in [6.45, 7) is -0.307. The van der Waals surface area contributed by atoms with Gasteiger partial charge in [-0.15, -0.1) is 37.9 Å². The van der Waals surface area contributed by atoms with Gasteiger partial charge in [-0.2, -0.15) is 8.42 Å². The molecule has 5 rings (SSSR count). The number of aliphatic carboxylic acids is 1. The molecule has 7 N–H and O–H groups in total. The maximum Gasteiger partial charge on any atom is 0.313 e. The molecule has 18 nitrogen and oxygen atoms in total. The van der Waals surface area contributed by atoms with E-state index in [9.17, 15) is 33.1 Å². The highest BCUT2D eigenvalue weighted by Gasteiger charge is 2.60. The molecule has 3 aromatic heterocycles. The number of tetrazole rings is 1. The van der Waals surface area contributed by atoms with Crippen molar-refractivity contribution < 1.29 is 33.1 Å². The van der Waals surface area contributed by atoms with Crippen molar-refractivity contribution in [2.24, 2.45) is 10.6 Å². The van der Waals surface area contributed by atoms with Gasteiger partial charge < -0.3 is 32.0 Å². The van der Waals surface area contributed by atoms with Crippen LogP contribution in [0.2, 0.25) is 0 Å². The van der Waals surface area contributed by atoms with Crippen LogP contribution in [-0.2, 0) is 33.1 Å². The Morgan fingerprint density at radius 2 is 2.15 bits per heavy atom. The Labute approximate surface area is 228 Å². The summed E-state index contributed by atoms with van der Waals surface area (Å²) in [6, 6.07) is 0.175. The number of nitrogens with zero attached hydrogens (tertiary/aromatic N) is 8. The predicted molar refractivity (Wildman–Crippen MR) is 137 cm³/mol. The van der Waals surface area contributed by atoms with E-state index >= 15 is 0 Å². The summed E-state index contributed by atoms with van der Waals surface area (Å²) in [5.74, 6) is -3.43. The molecule has 0 spiro atoms. The molecular weight excluding hydrogens is 599 g/mol. The normalized spacial score (nSPS) is 24.7. The Kier molecular flexibility index (Phi) is 6.86. The Hall–Kier alpha value is -3.89. The second kappa shape index (κ2) is 10.0. The number of hydrogen-bond donors (Lipinski definition) is 5. The average Bonchev–Trinajstić information content (AvgIpc) is 3.55. The Balaban J connectivity index is 1.38. The summed E-state index contributed by atoms with van der Waals surface area (Å²) < 4.78 is 25.6. The average molecular weight is 616 g/mol. The Morgan fingerprint density at radius 3 is 2.79 bits per heavy atom. The molecule has 0 radical (unpaired) electrons. The first-order valence-electron chi connectivity index (χ1n) is 10.6. The van der Waals surface area contributed by atoms with E-state index in [1.54, 1.807) is 0 Å². The summed E-state index contributed by atoms with van der Waals surface area (Å²) in [7, 11) is -4.47. The van der Waals surface area contributed by atoms with Gasteiger partial charge >= 0.3 is 5.97 Å². The SMILES string of the molecule is Nc1nc(C(=NO)C(=O)NC2C(=O)N3CC(CSc4cc(N)c5nnnn5n4)(C(=O)O)CS(=S(=O)=O)[C@H]23)cs1. The maximum atomic E-state index is 13.0. The minimum Gasteiger partial charge on any atom is -0.481 e. The minimum atomic E-state index is -2.79. The smallest absolute Gasteiger partial charge is 0.313 e. The zero-order valence-electron chi connectivity index (χ0n) is 19.2. The van der Waals surface area contributed by atoms with Crippen LogP contribution in [0.3, 0.4) is 0 Å². The zero-order valence-corrected chi connectivity index (χ0v) is 22.5. The summed E-state index contributed by atoms with van der Waals surface area (Å²) in [5.41, 5.74) is 9.68. The summed E-state index contributed by atoms with van der Waals surface area (Å²) >= 11 is 1.99. The van der Waals surface area contributed by atoms with E-state index in [1.165, 1.54) is 11.4 Å². The number of nitrogens with two attached hydrogens (primary N) is 2. The van der Waals surface area contributed by atoms with Crippen LogP contribution >= 0.6 is 23.1 Å². The second-order valence-electron chi connectivity index (χ2n) is 8.36. The van der Waals surface area contributed by atoms with Gasteiger partial charge in [0.1, 0.15) is 27.6 Å².